The Labute approximate surface area is 245 Å². The molecule has 212 valence electrons. The van der Waals surface area contributed by atoms with Crippen LogP contribution >= 0.6 is 0 Å². The van der Waals surface area contributed by atoms with E-state index >= 15 is 0 Å². The van der Waals surface area contributed by atoms with E-state index in [4.69, 9.17) is 9.84 Å². The summed E-state index contributed by atoms with van der Waals surface area (Å²) in [5.74, 6) is -0.625. The third-order valence-corrected chi connectivity index (χ3v) is 7.21. The number of carboxylic acid groups (broad SMARTS) is 1. The number of amides is 1. The van der Waals surface area contributed by atoms with Crippen molar-refractivity contribution in [3.63, 3.8) is 0 Å². The van der Waals surface area contributed by atoms with E-state index in [2.05, 4.69) is 95.8 Å². The van der Waals surface area contributed by atoms with Crippen LogP contribution in [0.3, 0.4) is 0 Å². The number of carbonyl (C=O) groups is 2. The minimum absolute atomic E-state index is 0.0308. The zero-order valence-corrected chi connectivity index (χ0v) is 23.8. The fourth-order valence-electron chi connectivity index (χ4n) is 5.17. The molecule has 0 fully saturated rings. The van der Waals surface area contributed by atoms with E-state index in [-0.39, 0.29) is 25.0 Å². The van der Waals surface area contributed by atoms with Crippen LogP contribution in [-0.4, -0.2) is 28.2 Å². The number of benzene rings is 4. The molecular weight excluding hydrogens is 524 g/mol. The summed E-state index contributed by atoms with van der Waals surface area (Å²) >= 11 is 0. The predicted molar refractivity (Wildman–Crippen MR) is 168 cm³/mol. The van der Waals surface area contributed by atoms with Gasteiger partial charge in [-0.1, -0.05) is 78.4 Å². The second-order valence-electron chi connectivity index (χ2n) is 10.4. The summed E-state index contributed by atoms with van der Waals surface area (Å²) in [6, 6.07) is 34.7. The summed E-state index contributed by atoms with van der Waals surface area (Å²) in [4.78, 5) is 23.7. The molecule has 6 heteroatoms. The molecule has 5 aromatic rings. The number of aliphatic carboxylic acids is 1. The van der Waals surface area contributed by atoms with Gasteiger partial charge in [0.2, 0.25) is 5.91 Å². The van der Waals surface area contributed by atoms with Crippen molar-refractivity contribution in [2.45, 2.75) is 32.7 Å². The number of para-hydroxylation sites is 2. The third-order valence-electron chi connectivity index (χ3n) is 7.21. The lowest BCUT2D eigenvalue weighted by Gasteiger charge is -2.22. The average molecular weight is 559 g/mol. The smallest absolute Gasteiger partial charge is 0.303 e. The molecule has 0 spiro atoms. The Morgan fingerprint density at radius 3 is 2.45 bits per heavy atom. The lowest BCUT2D eigenvalue weighted by Crippen LogP contribution is -2.11. The van der Waals surface area contributed by atoms with Crippen molar-refractivity contribution in [2.75, 3.05) is 11.9 Å². The number of nitrogens with one attached hydrogen (secondary N) is 1. The van der Waals surface area contributed by atoms with Gasteiger partial charge < -0.3 is 19.7 Å². The molecule has 6 nitrogen and oxygen atoms in total. The Kier molecular flexibility index (Phi) is 8.83. The van der Waals surface area contributed by atoms with E-state index in [1.54, 1.807) is 18.2 Å². The molecule has 2 N–H and O–H groups in total. The van der Waals surface area contributed by atoms with Gasteiger partial charge in [0, 0.05) is 29.6 Å². The van der Waals surface area contributed by atoms with Crippen molar-refractivity contribution in [1.82, 2.24) is 4.57 Å². The molecule has 42 heavy (non-hydrogen) atoms. The number of nitrogens with zero attached hydrogens (tertiary/aromatic N) is 1. The van der Waals surface area contributed by atoms with Gasteiger partial charge >= 0.3 is 5.97 Å². The first kappa shape index (κ1) is 28.4. The van der Waals surface area contributed by atoms with Crippen molar-refractivity contribution < 1.29 is 19.4 Å². The van der Waals surface area contributed by atoms with Crippen molar-refractivity contribution in [3.05, 3.63) is 138 Å². The normalized spacial score (nSPS) is 12.2. The number of fused-ring (bicyclic) bond motifs is 1. The highest BCUT2D eigenvalue weighted by Gasteiger charge is 2.18. The molecule has 1 atom stereocenters. The summed E-state index contributed by atoms with van der Waals surface area (Å²) in [5.41, 5.74) is 7.10. The highest BCUT2D eigenvalue weighted by atomic mass is 16.5. The van der Waals surface area contributed by atoms with E-state index in [0.717, 1.165) is 22.0 Å². The average Bonchev–Trinajstić information content (AvgIpc) is 3.39. The molecule has 1 unspecified atom stereocenters. The number of hydrogen-bond acceptors (Lipinski definition) is 3. The van der Waals surface area contributed by atoms with Gasteiger partial charge in [-0.3, -0.25) is 9.59 Å². The standard InChI is InChI=1S/C36H34N2O4/c1-25-10-8-13-30(22-25)36(27-11-4-3-5-12-27)38-20-19-29-24-28(17-18-32(29)38)26(2)23-34(39)37-31-14-6-7-15-33(31)42-21-9-16-35(40)41/h3-8,10-15,17-20,22-24,36H,9,16,21H2,1-2H3,(H,37,39)(H,40,41). The molecule has 1 aromatic heterocycles. The Hall–Kier alpha value is -5.10. The number of carbonyl (C=O) groups excluding carboxylic acids is 1. The Balaban J connectivity index is 1.37. The van der Waals surface area contributed by atoms with Crippen LogP contribution in [-0.2, 0) is 9.59 Å². The van der Waals surface area contributed by atoms with Gasteiger partial charge in [-0.25, -0.2) is 0 Å². The first-order chi connectivity index (χ1) is 20.4. The predicted octanol–water partition coefficient (Wildman–Crippen LogP) is 7.87. The number of ether oxygens (including phenoxy) is 1. The van der Waals surface area contributed by atoms with Gasteiger partial charge in [0.05, 0.1) is 18.3 Å². The second kappa shape index (κ2) is 13.0. The lowest BCUT2D eigenvalue weighted by molar-refractivity contribution is -0.137. The van der Waals surface area contributed by atoms with E-state index in [1.165, 1.54) is 16.7 Å². The molecule has 1 amide bonds. The number of carboxylic acids is 1. The van der Waals surface area contributed by atoms with Gasteiger partial charge in [-0.05, 0) is 72.9 Å². The van der Waals surface area contributed by atoms with Crippen LogP contribution in [0.25, 0.3) is 16.5 Å². The minimum atomic E-state index is -0.863. The van der Waals surface area contributed by atoms with E-state index in [0.29, 0.717) is 17.9 Å². The maximum absolute atomic E-state index is 12.9. The van der Waals surface area contributed by atoms with Crippen molar-refractivity contribution in [1.29, 1.82) is 0 Å². The topological polar surface area (TPSA) is 80.6 Å². The van der Waals surface area contributed by atoms with Gasteiger partial charge in [-0.2, -0.15) is 0 Å². The summed E-state index contributed by atoms with van der Waals surface area (Å²) in [7, 11) is 0. The van der Waals surface area contributed by atoms with Crippen LogP contribution < -0.4 is 10.1 Å². The molecule has 0 aliphatic rings. The molecule has 0 aliphatic heterocycles. The fourth-order valence-corrected chi connectivity index (χ4v) is 5.17. The quantitative estimate of drug-likeness (QED) is 0.128. The Morgan fingerprint density at radius 1 is 0.905 bits per heavy atom. The van der Waals surface area contributed by atoms with E-state index in [1.807, 2.05) is 25.1 Å². The number of rotatable bonds is 11. The van der Waals surface area contributed by atoms with Gasteiger partial charge in [0.15, 0.2) is 0 Å². The monoisotopic (exact) mass is 558 g/mol. The number of allylic oxidation sites excluding steroid dienone is 1. The van der Waals surface area contributed by atoms with Crippen molar-refractivity contribution in [2.24, 2.45) is 0 Å². The Morgan fingerprint density at radius 2 is 1.67 bits per heavy atom. The maximum Gasteiger partial charge on any atom is 0.303 e. The van der Waals surface area contributed by atoms with E-state index < -0.39 is 5.97 Å². The SMILES string of the molecule is CC(=CC(=O)Nc1ccccc1OCCCC(=O)O)c1ccc2c(ccn2C(c2ccccc2)c2cccc(C)c2)c1. The first-order valence-corrected chi connectivity index (χ1v) is 14.0. The number of aryl methyl sites for hydroxylation is 1. The highest BCUT2D eigenvalue weighted by molar-refractivity contribution is 6.05. The van der Waals surface area contributed by atoms with Crippen LogP contribution in [0.2, 0.25) is 0 Å². The highest BCUT2D eigenvalue weighted by Crippen LogP contribution is 2.32. The van der Waals surface area contributed by atoms with Crippen LogP contribution in [0.5, 0.6) is 5.75 Å². The molecule has 5 rings (SSSR count). The molecule has 0 aliphatic carbocycles. The Bertz CT molecular complexity index is 1740. The third kappa shape index (κ3) is 6.78. The zero-order chi connectivity index (χ0) is 29.5. The van der Waals surface area contributed by atoms with Gasteiger partial charge in [-0.15, -0.1) is 0 Å². The first-order valence-electron chi connectivity index (χ1n) is 14.0. The molecule has 4 aromatic carbocycles. The van der Waals surface area contributed by atoms with Crippen LogP contribution in [0.4, 0.5) is 5.69 Å². The molecule has 0 saturated heterocycles. The molecule has 0 radical (unpaired) electrons. The second-order valence-corrected chi connectivity index (χ2v) is 10.4. The minimum Gasteiger partial charge on any atom is -0.491 e. The van der Waals surface area contributed by atoms with E-state index in [9.17, 15) is 9.59 Å². The van der Waals surface area contributed by atoms with Crippen LogP contribution in [0, 0.1) is 6.92 Å². The van der Waals surface area contributed by atoms with Crippen LogP contribution in [0.15, 0.2) is 115 Å². The summed E-state index contributed by atoms with van der Waals surface area (Å²) < 4.78 is 8.03. The van der Waals surface area contributed by atoms with Crippen molar-refractivity contribution in [3.8, 4) is 5.75 Å². The number of aromatic nitrogens is 1. The van der Waals surface area contributed by atoms with Gasteiger partial charge in [0.1, 0.15) is 5.75 Å². The van der Waals surface area contributed by atoms with Crippen LogP contribution in [0.1, 0.15) is 48.1 Å². The fraction of sp³-hybridized carbons (Fsp3) is 0.167. The number of anilines is 1. The molecular formula is C36H34N2O4. The largest absolute Gasteiger partial charge is 0.491 e. The number of hydrogen-bond donors (Lipinski definition) is 2. The maximum atomic E-state index is 12.9. The molecule has 0 bridgehead atoms. The lowest BCUT2D eigenvalue weighted by atomic mass is 9.97. The molecule has 1 heterocycles. The summed E-state index contributed by atoms with van der Waals surface area (Å²) in [5, 5.41) is 12.8. The van der Waals surface area contributed by atoms with Crippen molar-refractivity contribution >= 4 is 34.0 Å². The molecule has 0 saturated carbocycles. The zero-order valence-electron chi connectivity index (χ0n) is 23.8. The summed E-state index contributed by atoms with van der Waals surface area (Å²) in [6.45, 7) is 4.29. The van der Waals surface area contributed by atoms with Gasteiger partial charge in [0.25, 0.3) is 0 Å². The summed E-state index contributed by atoms with van der Waals surface area (Å²) in [6.07, 6.45) is 4.13.